The fraction of sp³-hybridized carbons (Fsp3) is 0.400. The van der Waals surface area contributed by atoms with Crippen molar-refractivity contribution in [1.82, 2.24) is 0 Å². The van der Waals surface area contributed by atoms with Crippen molar-refractivity contribution in [2.45, 2.75) is 0 Å². The molecule has 15 heavy (non-hydrogen) atoms. The maximum Gasteiger partial charge on any atom is 0.184 e. The van der Waals surface area contributed by atoms with Gasteiger partial charge in [0, 0.05) is 13.1 Å². The van der Waals surface area contributed by atoms with Crippen molar-refractivity contribution in [1.29, 1.82) is 0 Å². The number of benzene rings is 1. The zero-order valence-electron chi connectivity index (χ0n) is 8.17. The lowest BCUT2D eigenvalue weighted by Gasteiger charge is -2.30. The highest BCUT2D eigenvalue weighted by molar-refractivity contribution is 5.68. The molecule has 5 heteroatoms. The molecular formula is C10H12F2N2O. The van der Waals surface area contributed by atoms with Crippen LogP contribution >= 0.6 is 0 Å². The molecule has 0 aliphatic carbocycles. The molecular weight excluding hydrogens is 202 g/mol. The molecule has 0 saturated carbocycles. The highest BCUT2D eigenvalue weighted by atomic mass is 19.2. The van der Waals surface area contributed by atoms with Gasteiger partial charge in [0.05, 0.1) is 24.6 Å². The molecule has 0 unspecified atom stereocenters. The van der Waals surface area contributed by atoms with Crippen LogP contribution in [-0.4, -0.2) is 26.3 Å². The summed E-state index contributed by atoms with van der Waals surface area (Å²) in [5.41, 5.74) is 6.04. The van der Waals surface area contributed by atoms with Gasteiger partial charge in [-0.05, 0) is 12.1 Å². The average Bonchev–Trinajstić information content (AvgIpc) is 2.26. The van der Waals surface area contributed by atoms with Crippen LogP contribution in [0, 0.1) is 11.6 Å². The molecule has 0 atom stereocenters. The molecule has 1 aliphatic heterocycles. The molecule has 1 saturated heterocycles. The number of rotatable bonds is 1. The third kappa shape index (κ3) is 1.87. The number of nitrogens with two attached hydrogens (primary N) is 1. The average molecular weight is 214 g/mol. The minimum Gasteiger partial charge on any atom is -0.397 e. The minimum absolute atomic E-state index is 0.151. The van der Waals surface area contributed by atoms with Gasteiger partial charge in [-0.1, -0.05) is 0 Å². The second-order valence-electron chi connectivity index (χ2n) is 3.40. The van der Waals surface area contributed by atoms with Crippen LogP contribution in [0.5, 0.6) is 0 Å². The van der Waals surface area contributed by atoms with E-state index in [1.807, 2.05) is 0 Å². The maximum absolute atomic E-state index is 13.5. The first kappa shape index (κ1) is 10.2. The number of anilines is 2. The molecule has 0 aromatic heterocycles. The molecule has 2 rings (SSSR count). The number of hydrogen-bond donors (Lipinski definition) is 1. The highest BCUT2D eigenvalue weighted by Gasteiger charge is 2.20. The van der Waals surface area contributed by atoms with Gasteiger partial charge in [-0.25, -0.2) is 8.78 Å². The lowest BCUT2D eigenvalue weighted by atomic mass is 10.2. The van der Waals surface area contributed by atoms with E-state index >= 15 is 0 Å². The van der Waals surface area contributed by atoms with Gasteiger partial charge >= 0.3 is 0 Å². The van der Waals surface area contributed by atoms with Crippen molar-refractivity contribution in [2.75, 3.05) is 36.9 Å². The molecule has 1 aliphatic rings. The van der Waals surface area contributed by atoms with Gasteiger partial charge in [0.15, 0.2) is 11.6 Å². The quantitative estimate of drug-likeness (QED) is 0.718. The first-order valence-electron chi connectivity index (χ1n) is 4.76. The first-order valence-corrected chi connectivity index (χ1v) is 4.76. The van der Waals surface area contributed by atoms with Crippen molar-refractivity contribution < 1.29 is 13.5 Å². The van der Waals surface area contributed by atoms with Crippen LogP contribution < -0.4 is 10.6 Å². The van der Waals surface area contributed by atoms with Crippen molar-refractivity contribution in [3.05, 3.63) is 23.8 Å². The zero-order valence-corrected chi connectivity index (χ0v) is 8.17. The van der Waals surface area contributed by atoms with E-state index in [-0.39, 0.29) is 11.4 Å². The minimum atomic E-state index is -0.878. The van der Waals surface area contributed by atoms with E-state index < -0.39 is 11.6 Å². The number of halogens is 2. The van der Waals surface area contributed by atoms with Crippen LogP contribution in [0.4, 0.5) is 20.2 Å². The predicted octanol–water partition coefficient (Wildman–Crippen LogP) is 1.38. The molecule has 1 aromatic carbocycles. The lowest BCUT2D eigenvalue weighted by molar-refractivity contribution is 0.122. The Labute approximate surface area is 86.4 Å². The zero-order chi connectivity index (χ0) is 10.8. The van der Waals surface area contributed by atoms with Crippen molar-refractivity contribution in [3.8, 4) is 0 Å². The number of morpholine rings is 1. The van der Waals surface area contributed by atoms with Crippen LogP contribution in [-0.2, 0) is 4.74 Å². The Balaban J connectivity index is 2.36. The number of hydrogen-bond acceptors (Lipinski definition) is 3. The maximum atomic E-state index is 13.5. The number of nitrogens with zero attached hydrogens (tertiary/aromatic N) is 1. The van der Waals surface area contributed by atoms with Gasteiger partial charge in [-0.2, -0.15) is 0 Å². The molecule has 82 valence electrons. The summed E-state index contributed by atoms with van der Waals surface area (Å²) < 4.78 is 31.7. The largest absolute Gasteiger partial charge is 0.397 e. The summed E-state index contributed by atoms with van der Waals surface area (Å²) in [6.07, 6.45) is 0. The summed E-state index contributed by atoms with van der Waals surface area (Å²) in [5, 5.41) is 0. The summed E-state index contributed by atoms with van der Waals surface area (Å²) in [6.45, 7) is 2.08. The van der Waals surface area contributed by atoms with Crippen molar-refractivity contribution >= 4 is 11.4 Å². The Morgan fingerprint density at radius 3 is 2.53 bits per heavy atom. The van der Waals surface area contributed by atoms with Crippen LogP contribution in [0.3, 0.4) is 0 Å². The van der Waals surface area contributed by atoms with Crippen LogP contribution in [0.2, 0.25) is 0 Å². The SMILES string of the molecule is Nc1ccc(F)c(F)c1N1CCOCC1. The molecule has 1 heterocycles. The second-order valence-corrected chi connectivity index (χ2v) is 3.40. The molecule has 2 N–H and O–H groups in total. The van der Waals surface area contributed by atoms with Crippen LogP contribution in [0.1, 0.15) is 0 Å². The van der Waals surface area contributed by atoms with Gasteiger partial charge in [-0.15, -0.1) is 0 Å². The monoisotopic (exact) mass is 214 g/mol. The number of ether oxygens (including phenoxy) is 1. The van der Waals surface area contributed by atoms with Gasteiger partial charge in [-0.3, -0.25) is 0 Å². The Hall–Kier alpha value is -1.36. The van der Waals surface area contributed by atoms with Gasteiger partial charge in [0.1, 0.15) is 0 Å². The molecule has 0 spiro atoms. The van der Waals surface area contributed by atoms with E-state index in [0.29, 0.717) is 26.3 Å². The van der Waals surface area contributed by atoms with Crippen LogP contribution in [0.25, 0.3) is 0 Å². The summed E-state index contributed by atoms with van der Waals surface area (Å²) in [7, 11) is 0. The summed E-state index contributed by atoms with van der Waals surface area (Å²) in [6, 6.07) is 2.41. The fourth-order valence-electron chi connectivity index (χ4n) is 1.66. The predicted molar refractivity (Wildman–Crippen MR) is 53.8 cm³/mol. The smallest absolute Gasteiger partial charge is 0.184 e. The number of nitrogen functional groups attached to an aromatic ring is 1. The molecule has 0 amide bonds. The standard InChI is InChI=1S/C10H12F2N2O/c11-7-1-2-8(13)10(9(7)12)14-3-5-15-6-4-14/h1-2H,3-6,13H2. The molecule has 1 fully saturated rings. The Bertz CT molecular complexity index is 365. The van der Waals surface area contributed by atoms with E-state index in [1.54, 1.807) is 4.90 Å². The Kier molecular flexibility index (Phi) is 2.73. The molecule has 3 nitrogen and oxygen atoms in total. The molecule has 1 aromatic rings. The topological polar surface area (TPSA) is 38.5 Å². The van der Waals surface area contributed by atoms with Crippen molar-refractivity contribution in [3.63, 3.8) is 0 Å². The third-order valence-electron chi connectivity index (χ3n) is 2.43. The third-order valence-corrected chi connectivity index (χ3v) is 2.43. The summed E-state index contributed by atoms with van der Waals surface area (Å²) in [5.74, 6) is -1.75. The van der Waals surface area contributed by atoms with E-state index in [2.05, 4.69) is 0 Å². The normalized spacial score (nSPS) is 16.8. The Morgan fingerprint density at radius 1 is 1.20 bits per heavy atom. The van der Waals surface area contributed by atoms with Gasteiger partial charge in [0.25, 0.3) is 0 Å². The van der Waals surface area contributed by atoms with Gasteiger partial charge < -0.3 is 15.4 Å². The van der Waals surface area contributed by atoms with E-state index in [9.17, 15) is 8.78 Å². The van der Waals surface area contributed by atoms with E-state index in [1.165, 1.54) is 6.07 Å². The summed E-state index contributed by atoms with van der Waals surface area (Å²) >= 11 is 0. The lowest BCUT2D eigenvalue weighted by Crippen LogP contribution is -2.37. The summed E-state index contributed by atoms with van der Waals surface area (Å²) in [4.78, 5) is 1.71. The van der Waals surface area contributed by atoms with E-state index in [4.69, 9.17) is 10.5 Å². The van der Waals surface area contributed by atoms with Crippen LogP contribution in [0.15, 0.2) is 12.1 Å². The van der Waals surface area contributed by atoms with E-state index in [0.717, 1.165) is 6.07 Å². The van der Waals surface area contributed by atoms with Gasteiger partial charge in [0.2, 0.25) is 0 Å². The molecule has 0 radical (unpaired) electrons. The first-order chi connectivity index (χ1) is 7.20. The second kappa shape index (κ2) is 4.02. The Morgan fingerprint density at radius 2 is 1.87 bits per heavy atom. The fourth-order valence-corrected chi connectivity index (χ4v) is 1.66. The molecule has 0 bridgehead atoms. The van der Waals surface area contributed by atoms with Crippen molar-refractivity contribution in [2.24, 2.45) is 0 Å². The highest BCUT2D eigenvalue weighted by Crippen LogP contribution is 2.29.